The number of amides is 1. The Labute approximate surface area is 133 Å². The molecule has 0 aromatic heterocycles. The van der Waals surface area contributed by atoms with Gasteiger partial charge in [0.2, 0.25) is 0 Å². The molecule has 2 aliphatic heterocycles. The van der Waals surface area contributed by atoms with Crippen molar-refractivity contribution in [3.05, 3.63) is 0 Å². The van der Waals surface area contributed by atoms with E-state index >= 15 is 0 Å². The topological polar surface area (TPSA) is 64.6 Å². The average molecular weight is 311 g/mol. The molecule has 2 saturated heterocycles. The van der Waals surface area contributed by atoms with Crippen LogP contribution in [0, 0.1) is 11.8 Å². The molecule has 126 valence electrons. The smallest absolute Gasteiger partial charge is 0.408 e. The molecule has 0 spiro atoms. The Morgan fingerprint density at radius 3 is 2.50 bits per heavy atom. The molecule has 1 N–H and O–H groups in total. The molecule has 2 fully saturated rings. The summed E-state index contributed by atoms with van der Waals surface area (Å²) in [4.78, 5) is 24.0. The summed E-state index contributed by atoms with van der Waals surface area (Å²) in [5, 5.41) is 2.96. The van der Waals surface area contributed by atoms with E-state index in [1.54, 1.807) is 0 Å². The molecule has 4 unspecified atom stereocenters. The van der Waals surface area contributed by atoms with Crippen LogP contribution in [0.2, 0.25) is 0 Å². The zero-order chi connectivity index (χ0) is 16.8. The van der Waals surface area contributed by atoms with Crippen molar-refractivity contribution in [1.82, 2.24) is 5.32 Å². The number of rotatable bonds is 2. The molecule has 2 heterocycles. The molecule has 0 aromatic carbocycles. The molecule has 22 heavy (non-hydrogen) atoms. The van der Waals surface area contributed by atoms with Crippen molar-refractivity contribution in [2.75, 3.05) is 0 Å². The first-order valence-corrected chi connectivity index (χ1v) is 8.15. The number of hydrogen-bond acceptors (Lipinski definition) is 4. The molecule has 2 bridgehead atoms. The van der Waals surface area contributed by atoms with Crippen LogP contribution in [0.25, 0.3) is 0 Å². The standard InChI is InChI=1S/C17H29NO4/c1-11-7-8-13-12(10-19)17(6,16(5,9-11)21-13)18-14(20)22-15(2,3)4/h10-13H,7-9H2,1-6H3,(H,18,20)/t11-,12?,13?,16?,17?/m0/s1. The Balaban J connectivity index is 2.28. The van der Waals surface area contributed by atoms with E-state index in [4.69, 9.17) is 9.47 Å². The number of carbonyl (C=O) groups is 2. The van der Waals surface area contributed by atoms with E-state index in [0.717, 1.165) is 25.5 Å². The lowest BCUT2D eigenvalue weighted by molar-refractivity contribution is -0.113. The van der Waals surface area contributed by atoms with Gasteiger partial charge >= 0.3 is 6.09 Å². The van der Waals surface area contributed by atoms with Crippen LogP contribution in [0.5, 0.6) is 0 Å². The van der Waals surface area contributed by atoms with E-state index in [-0.39, 0.29) is 12.0 Å². The quantitative estimate of drug-likeness (QED) is 0.796. The lowest BCUT2D eigenvalue weighted by atomic mass is 9.68. The van der Waals surface area contributed by atoms with Crippen LogP contribution in [-0.2, 0) is 14.3 Å². The van der Waals surface area contributed by atoms with Crippen LogP contribution >= 0.6 is 0 Å². The maximum absolute atomic E-state index is 12.3. The van der Waals surface area contributed by atoms with Gasteiger partial charge in [-0.05, 0) is 59.8 Å². The van der Waals surface area contributed by atoms with Crippen LogP contribution < -0.4 is 5.32 Å². The molecule has 5 atom stereocenters. The van der Waals surface area contributed by atoms with Gasteiger partial charge in [-0.2, -0.15) is 0 Å². The summed E-state index contributed by atoms with van der Waals surface area (Å²) in [6, 6.07) is 0. The Hall–Kier alpha value is -1.10. The van der Waals surface area contributed by atoms with Crippen molar-refractivity contribution in [3.8, 4) is 0 Å². The minimum absolute atomic E-state index is 0.132. The first-order chi connectivity index (χ1) is 10.0. The third kappa shape index (κ3) is 3.00. The van der Waals surface area contributed by atoms with E-state index in [9.17, 15) is 9.59 Å². The fourth-order valence-corrected chi connectivity index (χ4v) is 3.92. The second kappa shape index (κ2) is 5.52. The highest BCUT2D eigenvalue weighted by Crippen LogP contribution is 2.50. The predicted molar refractivity (Wildman–Crippen MR) is 83.6 cm³/mol. The molecular formula is C17H29NO4. The highest BCUT2D eigenvalue weighted by atomic mass is 16.6. The van der Waals surface area contributed by atoms with Gasteiger partial charge in [0.25, 0.3) is 0 Å². The second-order valence-electron chi connectivity index (χ2n) is 8.26. The zero-order valence-corrected chi connectivity index (χ0v) is 14.6. The van der Waals surface area contributed by atoms with E-state index in [0.29, 0.717) is 5.92 Å². The predicted octanol–water partition coefficient (Wildman–Crippen LogP) is 3.06. The van der Waals surface area contributed by atoms with Gasteiger partial charge in [-0.1, -0.05) is 6.92 Å². The molecule has 5 nitrogen and oxygen atoms in total. The van der Waals surface area contributed by atoms with Crippen molar-refractivity contribution in [1.29, 1.82) is 0 Å². The minimum Gasteiger partial charge on any atom is -0.444 e. The molecule has 0 radical (unpaired) electrons. The maximum atomic E-state index is 12.3. The van der Waals surface area contributed by atoms with E-state index in [2.05, 4.69) is 12.2 Å². The Kier molecular flexibility index (Phi) is 4.33. The summed E-state index contributed by atoms with van der Waals surface area (Å²) in [6.45, 7) is 11.6. The number of hydrogen-bond donors (Lipinski definition) is 1. The largest absolute Gasteiger partial charge is 0.444 e. The molecule has 0 aromatic rings. The minimum atomic E-state index is -0.754. The fraction of sp³-hybridized carbons (Fsp3) is 0.882. The van der Waals surface area contributed by atoms with Gasteiger partial charge in [0.1, 0.15) is 11.9 Å². The summed E-state index contributed by atoms with van der Waals surface area (Å²) >= 11 is 0. The van der Waals surface area contributed by atoms with Crippen molar-refractivity contribution < 1.29 is 19.1 Å². The van der Waals surface area contributed by atoms with Gasteiger partial charge in [-0.15, -0.1) is 0 Å². The molecule has 0 aliphatic carbocycles. The second-order valence-corrected chi connectivity index (χ2v) is 8.26. The maximum Gasteiger partial charge on any atom is 0.408 e. The van der Waals surface area contributed by atoms with Crippen molar-refractivity contribution in [2.45, 2.75) is 83.6 Å². The third-order valence-electron chi connectivity index (χ3n) is 5.17. The molecule has 0 saturated carbocycles. The monoisotopic (exact) mass is 311 g/mol. The molecule has 5 heteroatoms. The Morgan fingerprint density at radius 1 is 1.32 bits per heavy atom. The fourth-order valence-electron chi connectivity index (χ4n) is 3.92. The zero-order valence-electron chi connectivity index (χ0n) is 14.6. The first kappa shape index (κ1) is 17.3. The normalized spacial score (nSPS) is 41.6. The molecule has 2 rings (SSSR count). The number of fused-ring (bicyclic) bond motifs is 2. The van der Waals surface area contributed by atoms with Crippen molar-refractivity contribution in [3.63, 3.8) is 0 Å². The Bertz CT molecular complexity index is 458. The van der Waals surface area contributed by atoms with Crippen LogP contribution in [0.3, 0.4) is 0 Å². The van der Waals surface area contributed by atoms with Crippen molar-refractivity contribution >= 4 is 12.4 Å². The summed E-state index contributed by atoms with van der Waals surface area (Å²) < 4.78 is 11.6. The summed E-state index contributed by atoms with van der Waals surface area (Å²) in [5.41, 5.74) is -1.89. The van der Waals surface area contributed by atoms with Crippen LogP contribution in [0.4, 0.5) is 4.79 Å². The average Bonchev–Trinajstić information content (AvgIpc) is 2.43. The van der Waals surface area contributed by atoms with Gasteiger partial charge in [0, 0.05) is 0 Å². The van der Waals surface area contributed by atoms with Gasteiger partial charge in [0.15, 0.2) is 0 Å². The lowest BCUT2D eigenvalue weighted by Gasteiger charge is -2.43. The first-order valence-electron chi connectivity index (χ1n) is 8.15. The Morgan fingerprint density at radius 2 is 1.95 bits per heavy atom. The van der Waals surface area contributed by atoms with Crippen LogP contribution in [-0.4, -0.2) is 35.2 Å². The van der Waals surface area contributed by atoms with Gasteiger partial charge in [-0.25, -0.2) is 4.79 Å². The summed E-state index contributed by atoms with van der Waals surface area (Å²) in [5.74, 6) is 0.153. The summed E-state index contributed by atoms with van der Waals surface area (Å²) in [7, 11) is 0. The van der Waals surface area contributed by atoms with Crippen LogP contribution in [0.1, 0.15) is 60.8 Å². The highest BCUT2D eigenvalue weighted by Gasteiger charge is 2.62. The van der Waals surface area contributed by atoms with Crippen molar-refractivity contribution in [2.24, 2.45) is 11.8 Å². The molecule has 1 amide bonds. The third-order valence-corrected chi connectivity index (χ3v) is 5.17. The van der Waals surface area contributed by atoms with E-state index < -0.39 is 22.8 Å². The van der Waals surface area contributed by atoms with Crippen LogP contribution in [0.15, 0.2) is 0 Å². The SMILES string of the molecule is C[C@H]1CCC2OC(C)(C1)C(C)(NC(=O)OC(C)(C)C)C2C=O. The lowest BCUT2D eigenvalue weighted by Crippen LogP contribution is -2.63. The van der Waals surface area contributed by atoms with E-state index in [1.807, 2.05) is 34.6 Å². The number of alkyl carbamates (subject to hydrolysis) is 1. The number of aldehydes is 1. The number of carbonyl (C=O) groups excluding carboxylic acids is 2. The van der Waals surface area contributed by atoms with Gasteiger partial charge in [0.05, 0.1) is 23.2 Å². The van der Waals surface area contributed by atoms with Gasteiger partial charge < -0.3 is 19.6 Å². The number of ether oxygens (including phenoxy) is 2. The van der Waals surface area contributed by atoms with Gasteiger partial charge in [-0.3, -0.25) is 0 Å². The number of nitrogens with one attached hydrogen (secondary N) is 1. The molecular weight excluding hydrogens is 282 g/mol. The van der Waals surface area contributed by atoms with E-state index in [1.165, 1.54) is 0 Å². The molecule has 2 aliphatic rings. The summed E-state index contributed by atoms with van der Waals surface area (Å²) in [6.07, 6.45) is 3.03. The highest BCUT2D eigenvalue weighted by molar-refractivity contribution is 5.71.